The van der Waals surface area contributed by atoms with E-state index in [2.05, 4.69) is 5.32 Å². The Labute approximate surface area is 136 Å². The number of hydrogen-bond donors (Lipinski definition) is 2. The average Bonchev–Trinajstić information content (AvgIpc) is 3.20. The minimum atomic E-state index is -0.640. The molecule has 2 N–H and O–H groups in total. The number of carbonyl (C=O) groups excluding carboxylic acids is 1. The Hall–Kier alpha value is -1.59. The molecular weight excluding hydrogens is 292 g/mol. The highest BCUT2D eigenvalue weighted by atomic mass is 16.5. The second-order valence-corrected chi connectivity index (χ2v) is 6.98. The highest BCUT2D eigenvalue weighted by Gasteiger charge is 2.43. The Morgan fingerprint density at radius 1 is 1.26 bits per heavy atom. The number of aliphatic hydroxyl groups is 1. The number of amides is 2. The Balaban J connectivity index is 1.38. The van der Waals surface area contributed by atoms with Gasteiger partial charge in [-0.3, -0.25) is 0 Å². The Morgan fingerprint density at radius 3 is 2.65 bits per heavy atom. The number of nitrogens with zero attached hydrogens (tertiary/aromatic N) is 1. The maximum Gasteiger partial charge on any atom is 0.318 e. The van der Waals surface area contributed by atoms with Crippen LogP contribution in [0.4, 0.5) is 4.79 Å². The van der Waals surface area contributed by atoms with Crippen LogP contribution in [0.1, 0.15) is 43.8 Å². The molecule has 0 radical (unpaired) electrons. The monoisotopic (exact) mass is 316 g/mol. The topological polar surface area (TPSA) is 61.8 Å². The van der Waals surface area contributed by atoms with Crippen LogP contribution in [-0.4, -0.2) is 46.9 Å². The first kappa shape index (κ1) is 15.0. The fourth-order valence-corrected chi connectivity index (χ4v) is 3.78. The maximum atomic E-state index is 12.7. The molecule has 2 aliphatic heterocycles. The molecule has 4 atom stereocenters. The van der Waals surface area contributed by atoms with Crippen molar-refractivity contribution in [2.45, 2.75) is 62.5 Å². The molecule has 5 heteroatoms. The molecule has 1 aromatic rings. The SMILES string of the molecule is O=C(N[C@H]1C[C@H]2CC[C@H]1O2)N(C[C@H](O)c1ccccc1)C1CC1. The molecule has 2 bridgehead atoms. The van der Waals surface area contributed by atoms with Crippen molar-refractivity contribution in [3.8, 4) is 0 Å². The van der Waals surface area contributed by atoms with Crippen molar-refractivity contribution < 1.29 is 14.6 Å². The third kappa shape index (κ3) is 3.21. The minimum absolute atomic E-state index is 0.0522. The van der Waals surface area contributed by atoms with Crippen LogP contribution >= 0.6 is 0 Å². The summed E-state index contributed by atoms with van der Waals surface area (Å²) in [4.78, 5) is 14.5. The maximum absolute atomic E-state index is 12.7. The highest BCUT2D eigenvalue weighted by Crippen LogP contribution is 2.35. The minimum Gasteiger partial charge on any atom is -0.387 e. The number of benzene rings is 1. The lowest BCUT2D eigenvalue weighted by Crippen LogP contribution is -2.50. The van der Waals surface area contributed by atoms with E-state index in [-0.39, 0.29) is 24.2 Å². The third-order valence-corrected chi connectivity index (χ3v) is 5.22. The molecule has 4 rings (SSSR count). The predicted octanol–water partition coefficient (Wildman–Crippen LogP) is 2.21. The zero-order valence-corrected chi connectivity index (χ0v) is 13.2. The van der Waals surface area contributed by atoms with Crippen LogP contribution in [-0.2, 0) is 4.74 Å². The van der Waals surface area contributed by atoms with Crippen LogP contribution in [0, 0.1) is 0 Å². The van der Waals surface area contributed by atoms with Gasteiger partial charge in [0.25, 0.3) is 0 Å². The van der Waals surface area contributed by atoms with Gasteiger partial charge in [-0.1, -0.05) is 30.3 Å². The van der Waals surface area contributed by atoms with Crippen LogP contribution in [0.3, 0.4) is 0 Å². The van der Waals surface area contributed by atoms with Gasteiger partial charge in [0.2, 0.25) is 0 Å². The highest BCUT2D eigenvalue weighted by molar-refractivity contribution is 5.75. The summed E-state index contributed by atoms with van der Waals surface area (Å²) in [6.45, 7) is 0.349. The lowest BCUT2D eigenvalue weighted by Gasteiger charge is -2.29. The van der Waals surface area contributed by atoms with Crippen molar-refractivity contribution in [3.05, 3.63) is 35.9 Å². The molecule has 1 aliphatic carbocycles. The van der Waals surface area contributed by atoms with E-state index in [9.17, 15) is 9.90 Å². The van der Waals surface area contributed by atoms with Gasteiger partial charge < -0.3 is 20.1 Å². The van der Waals surface area contributed by atoms with Crippen molar-refractivity contribution in [1.29, 1.82) is 0 Å². The fourth-order valence-electron chi connectivity index (χ4n) is 3.78. The van der Waals surface area contributed by atoms with Crippen LogP contribution in [0.2, 0.25) is 0 Å². The number of carbonyl (C=O) groups is 1. The number of fused-ring (bicyclic) bond motifs is 2. The lowest BCUT2D eigenvalue weighted by molar-refractivity contribution is 0.0938. The summed E-state index contributed by atoms with van der Waals surface area (Å²) in [5.74, 6) is 0. The smallest absolute Gasteiger partial charge is 0.318 e. The van der Waals surface area contributed by atoms with E-state index in [0.717, 1.165) is 37.7 Å². The van der Waals surface area contributed by atoms with Crippen LogP contribution in [0.5, 0.6) is 0 Å². The normalized spacial score (nSPS) is 30.2. The van der Waals surface area contributed by atoms with Gasteiger partial charge in [-0.2, -0.15) is 0 Å². The van der Waals surface area contributed by atoms with Crippen molar-refractivity contribution in [3.63, 3.8) is 0 Å². The predicted molar refractivity (Wildman–Crippen MR) is 86.0 cm³/mol. The van der Waals surface area contributed by atoms with Gasteiger partial charge in [0, 0.05) is 6.04 Å². The molecule has 3 fully saturated rings. The second kappa shape index (κ2) is 6.13. The lowest BCUT2D eigenvalue weighted by atomic mass is 9.96. The van der Waals surface area contributed by atoms with E-state index in [1.165, 1.54) is 0 Å². The average molecular weight is 316 g/mol. The van der Waals surface area contributed by atoms with E-state index in [0.29, 0.717) is 12.6 Å². The van der Waals surface area contributed by atoms with Gasteiger partial charge in [0.15, 0.2) is 0 Å². The number of nitrogens with one attached hydrogen (secondary N) is 1. The van der Waals surface area contributed by atoms with Gasteiger partial charge >= 0.3 is 6.03 Å². The third-order valence-electron chi connectivity index (χ3n) is 5.22. The summed E-state index contributed by atoms with van der Waals surface area (Å²) in [6.07, 6.45) is 5.03. The Bertz CT molecular complexity index is 561. The summed E-state index contributed by atoms with van der Waals surface area (Å²) in [5.41, 5.74) is 0.856. The second-order valence-electron chi connectivity index (χ2n) is 6.98. The molecule has 2 amide bonds. The number of ether oxygens (including phenoxy) is 1. The standard InChI is InChI=1S/C18H24N2O3/c21-16(12-4-2-1-3-5-12)11-20(13-6-7-13)18(22)19-15-10-14-8-9-17(15)23-14/h1-5,13-17,21H,6-11H2,(H,19,22)/t14-,15+,16+,17-/m1/s1. The molecule has 1 aromatic carbocycles. The number of urea groups is 1. The van der Waals surface area contributed by atoms with Crippen molar-refractivity contribution >= 4 is 6.03 Å². The molecule has 2 saturated heterocycles. The molecule has 0 spiro atoms. The van der Waals surface area contributed by atoms with E-state index < -0.39 is 6.10 Å². The zero-order chi connectivity index (χ0) is 15.8. The van der Waals surface area contributed by atoms with E-state index in [1.54, 1.807) is 0 Å². The first-order chi connectivity index (χ1) is 11.2. The quantitative estimate of drug-likeness (QED) is 0.875. The summed E-state index contributed by atoms with van der Waals surface area (Å²) in [7, 11) is 0. The first-order valence-electron chi connectivity index (χ1n) is 8.66. The summed E-state index contributed by atoms with van der Waals surface area (Å²) in [5, 5.41) is 13.6. The van der Waals surface area contributed by atoms with Crippen molar-refractivity contribution in [2.75, 3.05) is 6.54 Å². The molecular formula is C18H24N2O3. The Kier molecular flexibility index (Phi) is 3.99. The van der Waals surface area contributed by atoms with Crippen LogP contribution in [0.15, 0.2) is 30.3 Å². The zero-order valence-electron chi connectivity index (χ0n) is 13.2. The van der Waals surface area contributed by atoms with Crippen LogP contribution in [0.25, 0.3) is 0 Å². The number of hydrogen-bond acceptors (Lipinski definition) is 3. The molecule has 23 heavy (non-hydrogen) atoms. The molecule has 1 saturated carbocycles. The van der Waals surface area contributed by atoms with E-state index >= 15 is 0 Å². The van der Waals surface area contributed by atoms with Gasteiger partial charge in [-0.25, -0.2) is 4.79 Å². The molecule has 0 unspecified atom stereocenters. The van der Waals surface area contributed by atoms with Gasteiger partial charge in [0.1, 0.15) is 0 Å². The Morgan fingerprint density at radius 2 is 2.04 bits per heavy atom. The fraction of sp³-hybridized carbons (Fsp3) is 0.611. The molecule has 0 aromatic heterocycles. The number of rotatable bonds is 5. The number of aliphatic hydroxyl groups excluding tert-OH is 1. The van der Waals surface area contributed by atoms with E-state index in [1.807, 2.05) is 35.2 Å². The van der Waals surface area contributed by atoms with E-state index in [4.69, 9.17) is 4.74 Å². The van der Waals surface area contributed by atoms with Crippen molar-refractivity contribution in [2.24, 2.45) is 0 Å². The molecule has 5 nitrogen and oxygen atoms in total. The van der Waals surface area contributed by atoms with Gasteiger partial charge in [0.05, 0.1) is 30.9 Å². The van der Waals surface area contributed by atoms with Gasteiger partial charge in [-0.15, -0.1) is 0 Å². The first-order valence-corrected chi connectivity index (χ1v) is 8.66. The molecule has 2 heterocycles. The largest absolute Gasteiger partial charge is 0.387 e. The van der Waals surface area contributed by atoms with Crippen LogP contribution < -0.4 is 5.32 Å². The molecule has 124 valence electrons. The summed E-state index contributed by atoms with van der Waals surface area (Å²) >= 11 is 0. The van der Waals surface area contributed by atoms with Gasteiger partial charge in [-0.05, 0) is 37.7 Å². The summed E-state index contributed by atoms with van der Waals surface area (Å²) < 4.78 is 5.81. The summed E-state index contributed by atoms with van der Waals surface area (Å²) in [6, 6.07) is 9.90. The molecule has 3 aliphatic rings. The van der Waals surface area contributed by atoms with Crippen molar-refractivity contribution in [1.82, 2.24) is 10.2 Å².